The molecule has 14 bridgehead atoms. The molecule has 90 heavy (non-hydrogen) atoms. The number of β-amino-alcohol motifs (C(OH)–C–C–N with tert-alkyl or cyclic N) is 1. The first-order valence-electron chi connectivity index (χ1n) is 34.6. The van der Waals surface area contributed by atoms with Crippen molar-refractivity contribution >= 4 is 17.5 Å². The van der Waals surface area contributed by atoms with Crippen LogP contribution < -0.4 is 26.6 Å². The van der Waals surface area contributed by atoms with Crippen LogP contribution in [-0.2, 0) is 45.0 Å². The molecular formula is C78H95N5O7. The summed E-state index contributed by atoms with van der Waals surface area (Å²) in [6, 6.07) is 32.0. The molecule has 0 aromatic heterocycles. The molecule has 6 aliphatic carbocycles. The highest BCUT2D eigenvalue weighted by molar-refractivity contribution is 6.07. The van der Waals surface area contributed by atoms with Gasteiger partial charge in [-0.05, 0) is 252 Å². The van der Waals surface area contributed by atoms with Gasteiger partial charge in [0.2, 0.25) is 0 Å². The minimum absolute atomic E-state index is 0.00459. The van der Waals surface area contributed by atoms with Crippen LogP contribution in [0.1, 0.15) is 162 Å². The van der Waals surface area contributed by atoms with Crippen LogP contribution in [0, 0.1) is 70.0 Å². The number of hydrogen-bond acceptors (Lipinski definition) is 12. The lowest BCUT2D eigenvalue weighted by Gasteiger charge is -2.56. The number of phenolic OH excluding ortho intramolecular Hbond substituents is 1. The lowest BCUT2D eigenvalue weighted by atomic mass is 9.44. The topological polar surface area (TPSA) is 173 Å². The summed E-state index contributed by atoms with van der Waals surface area (Å²) in [4.78, 5) is 31.0. The van der Waals surface area contributed by atoms with Gasteiger partial charge in [-0.2, -0.15) is 0 Å². The molecule has 12 heteroatoms. The second-order valence-corrected chi connectivity index (χ2v) is 29.4. The molecule has 3 saturated carbocycles. The molecule has 16 rings (SSSR count). The van der Waals surface area contributed by atoms with Crippen LogP contribution in [0.2, 0.25) is 0 Å². The van der Waals surface area contributed by atoms with Crippen molar-refractivity contribution in [2.45, 2.75) is 172 Å². The molecular weight excluding hydrogens is 1120 g/mol. The number of carbonyl (C=O) groups excluding carboxylic acids is 2. The molecule has 5 fully saturated rings. The standard InChI is InChI=1S/C78H95N5O7/c1-5-48(34-49-14-8-6-9-15-49)39-66-78-31-23-60-61-21-22-62-65(89-73(85)69(62)70(61)78)24-30-76(56-26-33-82-67(41-56)80-4)43-55-40-57(77(88)28-10-7-11-29-77)18-13-27-75(2,87)47-83-72(64(55)44-76)54-36-50(35-52(38-54)45-79-3)25-32-81-46-51-16-12-17-53(37-51)59-20-19-58(84)42-63(59)68(60)71(78)74(86)90-66/h6,8-9,12,14-17,19-20,24,35-39,42,48,55-57,60-61,64,67,70,72,79-84,87-88H,5,7,10-11,21-23,25-34,40-41,43-47H2,1-4H3. The van der Waals surface area contributed by atoms with Crippen molar-refractivity contribution < 1.29 is 34.4 Å². The second kappa shape index (κ2) is 25.1. The average molecular weight is 1210 g/mol. The SMILES string of the molecule is CCC(C=C1OC(=O)C2=C3c4cc(O)ccc4-c4cccc(c4)CNCCc4cc(CNC)cc(c4)C4NCC(C)(O)CC#CC(C5(O)CCCCC5)CC5CC(C6CCNC(NC)C6)(CC=C6OC(=O)C7=C6CCC6C3CCC12C76)CC54)Cc1ccccc1. The molecule has 13 unspecified atom stereocenters. The Labute approximate surface area is 533 Å². The molecule has 6 heterocycles. The first kappa shape index (κ1) is 61.4. The van der Waals surface area contributed by atoms with Crippen LogP contribution in [0.3, 0.4) is 0 Å². The highest BCUT2D eigenvalue weighted by Crippen LogP contribution is 2.72. The van der Waals surface area contributed by atoms with Crippen molar-refractivity contribution in [1.29, 1.82) is 0 Å². The molecule has 0 amide bonds. The van der Waals surface area contributed by atoms with E-state index in [1.54, 1.807) is 6.07 Å². The maximum atomic E-state index is 15.6. The average Bonchev–Trinajstić information content (AvgIpc) is 1.38. The lowest BCUT2D eigenvalue weighted by molar-refractivity contribution is -0.135. The monoisotopic (exact) mass is 1210 g/mol. The zero-order chi connectivity index (χ0) is 61.9. The number of esters is 2. The fraction of sp³-hybridized carbons (Fsp3) is 0.538. The predicted octanol–water partition coefficient (Wildman–Crippen LogP) is 12.2. The van der Waals surface area contributed by atoms with Crippen LogP contribution in [0.4, 0.5) is 0 Å². The van der Waals surface area contributed by atoms with Gasteiger partial charge in [-0.25, -0.2) is 9.59 Å². The number of nitrogens with one attached hydrogen (secondary N) is 5. The van der Waals surface area contributed by atoms with Crippen molar-refractivity contribution in [1.82, 2.24) is 26.6 Å². The van der Waals surface area contributed by atoms with E-state index in [1.807, 2.05) is 32.2 Å². The summed E-state index contributed by atoms with van der Waals surface area (Å²) in [7, 11) is 4.08. The Hall–Kier alpha value is -6.14. The summed E-state index contributed by atoms with van der Waals surface area (Å²) in [5, 5.41) is 55.6. The molecule has 474 valence electrons. The summed E-state index contributed by atoms with van der Waals surface area (Å²) < 4.78 is 13.7. The quantitative estimate of drug-likeness (QED) is 0.0590. The molecule has 8 N–H and O–H groups in total. The number of aromatic hydroxyl groups is 1. The van der Waals surface area contributed by atoms with E-state index in [-0.39, 0.29) is 76.7 Å². The Morgan fingerprint density at radius 2 is 1.66 bits per heavy atom. The highest BCUT2D eigenvalue weighted by Gasteiger charge is 2.69. The molecule has 0 radical (unpaired) electrons. The van der Waals surface area contributed by atoms with Gasteiger partial charge < -0.3 is 51.4 Å². The minimum atomic E-state index is -1.11. The number of allylic oxidation sites excluding steroid dienone is 5. The van der Waals surface area contributed by atoms with Gasteiger partial charge in [-0.15, -0.1) is 0 Å². The Kier molecular flexibility index (Phi) is 17.1. The third-order valence-electron chi connectivity index (χ3n) is 23.9. The van der Waals surface area contributed by atoms with Crippen molar-refractivity contribution in [2.75, 3.05) is 33.7 Å². The van der Waals surface area contributed by atoms with Crippen LogP contribution >= 0.6 is 0 Å². The summed E-state index contributed by atoms with van der Waals surface area (Å²) in [5.41, 5.74) is 9.00. The van der Waals surface area contributed by atoms with Gasteiger partial charge in [0, 0.05) is 55.1 Å². The van der Waals surface area contributed by atoms with E-state index in [0.29, 0.717) is 68.3 Å². The zero-order valence-corrected chi connectivity index (χ0v) is 53.5. The molecule has 1 spiro atoms. The van der Waals surface area contributed by atoms with Crippen LogP contribution in [0.15, 0.2) is 131 Å². The number of piperidine rings is 1. The number of cyclic esters (lactones) is 1. The van der Waals surface area contributed by atoms with E-state index in [4.69, 9.17) is 9.47 Å². The second-order valence-electron chi connectivity index (χ2n) is 29.4. The first-order valence-corrected chi connectivity index (χ1v) is 34.6. The van der Waals surface area contributed by atoms with Gasteiger partial charge in [0.25, 0.3) is 0 Å². The number of ether oxygens (including phenoxy) is 2. The Morgan fingerprint density at radius 1 is 0.800 bits per heavy atom. The van der Waals surface area contributed by atoms with E-state index in [1.165, 1.54) is 22.3 Å². The van der Waals surface area contributed by atoms with Gasteiger partial charge >= 0.3 is 11.9 Å². The fourth-order valence-corrected chi connectivity index (χ4v) is 19.6. The van der Waals surface area contributed by atoms with E-state index < -0.39 is 16.6 Å². The van der Waals surface area contributed by atoms with Crippen LogP contribution in [0.5, 0.6) is 5.75 Å². The smallest absolute Gasteiger partial charge is 0.340 e. The van der Waals surface area contributed by atoms with Crippen molar-refractivity contribution in [3.05, 3.63) is 165 Å². The van der Waals surface area contributed by atoms with Crippen molar-refractivity contribution in [3.8, 4) is 28.7 Å². The molecule has 6 aliphatic heterocycles. The zero-order valence-electron chi connectivity index (χ0n) is 53.5. The number of benzene rings is 4. The number of phenols is 1. The van der Waals surface area contributed by atoms with Crippen molar-refractivity contribution in [3.63, 3.8) is 0 Å². The summed E-state index contributed by atoms with van der Waals surface area (Å²) >= 11 is 0. The first-order chi connectivity index (χ1) is 43.7. The maximum absolute atomic E-state index is 15.6. The normalized spacial score (nSPS) is 33.8. The largest absolute Gasteiger partial charge is 0.508 e. The molecule has 12 nitrogen and oxygen atoms in total. The fourth-order valence-electron chi connectivity index (χ4n) is 19.6. The van der Waals surface area contributed by atoms with Crippen molar-refractivity contribution in [2.24, 2.45) is 58.2 Å². The maximum Gasteiger partial charge on any atom is 0.340 e. The van der Waals surface area contributed by atoms with E-state index in [9.17, 15) is 15.3 Å². The molecule has 12 aliphatic rings. The van der Waals surface area contributed by atoms with E-state index in [2.05, 4.69) is 131 Å². The number of hydrogen-bond donors (Lipinski definition) is 8. The summed E-state index contributed by atoms with van der Waals surface area (Å²) in [6.45, 7) is 7.48. The van der Waals surface area contributed by atoms with E-state index in [0.717, 1.165) is 148 Å². The number of fused-ring (bicyclic) bond motifs is 5. The Morgan fingerprint density at radius 3 is 2.48 bits per heavy atom. The van der Waals surface area contributed by atoms with Gasteiger partial charge in [-0.3, -0.25) is 0 Å². The summed E-state index contributed by atoms with van der Waals surface area (Å²) in [5.74, 6) is 8.05. The van der Waals surface area contributed by atoms with Gasteiger partial charge in [0.05, 0.1) is 28.4 Å². The molecule has 4 aromatic rings. The van der Waals surface area contributed by atoms with Gasteiger partial charge in [0.15, 0.2) is 0 Å². The summed E-state index contributed by atoms with van der Waals surface area (Å²) in [6.07, 6.45) is 20.2. The number of carbonyl (C=O) groups is 2. The van der Waals surface area contributed by atoms with Gasteiger partial charge in [0.1, 0.15) is 17.3 Å². The molecule has 2 saturated heterocycles. The predicted molar refractivity (Wildman–Crippen MR) is 352 cm³/mol. The number of aliphatic hydroxyl groups is 2. The minimum Gasteiger partial charge on any atom is -0.508 e. The lowest BCUT2D eigenvalue weighted by Crippen LogP contribution is -2.52. The van der Waals surface area contributed by atoms with Crippen LogP contribution in [0.25, 0.3) is 16.7 Å². The molecule has 13 atom stereocenters. The third-order valence-corrected chi connectivity index (χ3v) is 23.9. The Balaban J connectivity index is 0.960. The Bertz CT molecular complexity index is 3600. The number of rotatable bonds is 9. The third kappa shape index (κ3) is 11.4. The molecule has 4 aromatic carbocycles. The van der Waals surface area contributed by atoms with Crippen LogP contribution in [-0.4, -0.2) is 78.4 Å². The van der Waals surface area contributed by atoms with E-state index >= 15 is 9.59 Å². The highest BCUT2D eigenvalue weighted by atomic mass is 16.6. The van der Waals surface area contributed by atoms with Gasteiger partial charge in [-0.1, -0.05) is 111 Å².